The van der Waals surface area contributed by atoms with Crippen LogP contribution < -0.4 is 4.43 Å². The lowest BCUT2D eigenvalue weighted by Crippen LogP contribution is -2.43. The lowest BCUT2D eigenvalue weighted by atomic mass is 10.1. The normalized spacial score (nSPS) is 12.1. The second kappa shape index (κ2) is 9.81. The standard InChI is InChI=1S/C19H28ClN3O2Si/c1-19(2,3)26(4,5)25-16-12-13-17(20)15(14-16)10-8-6-7-9-11-18(24)22-23-21/h6-7,12-14H,8-11H2,1-5H3/b7-6+. The van der Waals surface area contributed by atoms with E-state index in [4.69, 9.17) is 21.6 Å². The summed E-state index contributed by atoms with van der Waals surface area (Å²) in [6.07, 6.45) is 6.36. The summed E-state index contributed by atoms with van der Waals surface area (Å²) in [4.78, 5) is 13.6. The number of nitrogens with zero attached hydrogens (tertiary/aromatic N) is 3. The van der Waals surface area contributed by atoms with Crippen LogP contribution in [0, 0.1) is 0 Å². The molecule has 1 aromatic carbocycles. The van der Waals surface area contributed by atoms with E-state index in [0.717, 1.165) is 29.2 Å². The van der Waals surface area contributed by atoms with Crippen LogP contribution in [-0.4, -0.2) is 14.2 Å². The zero-order valence-corrected chi connectivity index (χ0v) is 18.0. The van der Waals surface area contributed by atoms with Gasteiger partial charge in [-0.15, -0.1) is 0 Å². The molecule has 0 unspecified atom stereocenters. The van der Waals surface area contributed by atoms with E-state index in [1.165, 1.54) is 0 Å². The minimum absolute atomic E-state index is 0.141. The van der Waals surface area contributed by atoms with E-state index in [0.29, 0.717) is 6.42 Å². The zero-order valence-electron chi connectivity index (χ0n) is 16.3. The number of carbonyl (C=O) groups excluding carboxylic acids is 1. The summed E-state index contributed by atoms with van der Waals surface area (Å²) in [6, 6.07) is 5.85. The first kappa shape index (κ1) is 22.3. The van der Waals surface area contributed by atoms with Crippen molar-refractivity contribution in [3.63, 3.8) is 0 Å². The van der Waals surface area contributed by atoms with Gasteiger partial charge in [-0.1, -0.05) is 44.5 Å². The fourth-order valence-corrected chi connectivity index (χ4v) is 3.27. The monoisotopic (exact) mass is 393 g/mol. The molecule has 142 valence electrons. The van der Waals surface area contributed by atoms with E-state index in [1.807, 2.05) is 30.4 Å². The van der Waals surface area contributed by atoms with Gasteiger partial charge in [-0.05, 0) is 71.8 Å². The number of hydrogen-bond donors (Lipinski definition) is 0. The molecule has 0 bridgehead atoms. The van der Waals surface area contributed by atoms with Gasteiger partial charge in [0.1, 0.15) is 5.75 Å². The molecule has 1 rings (SSSR count). The number of halogens is 1. The maximum atomic E-state index is 11.1. The molecule has 5 nitrogen and oxygen atoms in total. The Bertz CT molecular complexity index is 705. The third-order valence-corrected chi connectivity index (χ3v) is 9.35. The fraction of sp³-hybridized carbons (Fsp3) is 0.526. The van der Waals surface area contributed by atoms with E-state index in [9.17, 15) is 4.79 Å². The van der Waals surface area contributed by atoms with E-state index in [-0.39, 0.29) is 11.5 Å². The molecule has 7 heteroatoms. The molecule has 0 saturated carbocycles. The number of hydrogen-bond acceptors (Lipinski definition) is 2. The highest BCUT2D eigenvalue weighted by Gasteiger charge is 2.38. The number of benzene rings is 1. The maximum Gasteiger partial charge on any atom is 0.250 e. The quantitative estimate of drug-likeness (QED) is 0.159. The molecule has 1 amide bonds. The number of azide groups is 1. The first-order chi connectivity index (χ1) is 12.1. The zero-order chi connectivity index (χ0) is 19.8. The largest absolute Gasteiger partial charge is 0.543 e. The van der Waals surface area contributed by atoms with Crippen molar-refractivity contribution in [2.75, 3.05) is 0 Å². The van der Waals surface area contributed by atoms with Crippen LogP contribution in [-0.2, 0) is 11.2 Å². The van der Waals surface area contributed by atoms with Crippen molar-refractivity contribution in [2.24, 2.45) is 5.11 Å². The van der Waals surface area contributed by atoms with Crippen molar-refractivity contribution < 1.29 is 9.22 Å². The van der Waals surface area contributed by atoms with Crippen molar-refractivity contribution in [3.8, 4) is 5.75 Å². The van der Waals surface area contributed by atoms with E-state index in [2.05, 4.69) is 43.9 Å². The molecule has 0 aromatic heterocycles. The van der Waals surface area contributed by atoms with Crippen LogP contribution in [0.5, 0.6) is 5.75 Å². The number of aryl methyl sites for hydroxylation is 1. The van der Waals surface area contributed by atoms with Gasteiger partial charge < -0.3 is 4.43 Å². The van der Waals surface area contributed by atoms with Crippen molar-refractivity contribution in [1.82, 2.24) is 0 Å². The Morgan fingerprint density at radius 1 is 1.31 bits per heavy atom. The summed E-state index contributed by atoms with van der Waals surface area (Å²) in [7, 11) is -1.88. The molecule has 1 aromatic rings. The summed E-state index contributed by atoms with van der Waals surface area (Å²) in [6.45, 7) is 11.1. The van der Waals surface area contributed by atoms with Crippen LogP contribution in [0.4, 0.5) is 0 Å². The Labute approximate surface area is 162 Å². The van der Waals surface area contributed by atoms with E-state index in [1.54, 1.807) is 0 Å². The second-order valence-electron chi connectivity index (χ2n) is 7.75. The molecule has 0 saturated heterocycles. The van der Waals surface area contributed by atoms with Gasteiger partial charge in [-0.3, -0.25) is 4.79 Å². The molecule has 0 aliphatic rings. The Hall–Kier alpha value is -1.75. The van der Waals surface area contributed by atoms with Crippen molar-refractivity contribution >= 4 is 25.8 Å². The van der Waals surface area contributed by atoms with Crippen molar-refractivity contribution in [1.29, 1.82) is 0 Å². The molecule has 0 heterocycles. The third kappa shape index (κ3) is 7.24. The molecule has 26 heavy (non-hydrogen) atoms. The SMILES string of the molecule is CC(C)(C)[Si](C)(C)Oc1ccc(Cl)c(CC/C=C/CCC(=O)N=[N+]=[N-])c1. The maximum absolute atomic E-state index is 11.1. The number of rotatable bonds is 8. The Balaban J connectivity index is 2.63. The van der Waals surface area contributed by atoms with E-state index < -0.39 is 14.2 Å². The molecule has 0 fully saturated rings. The Morgan fingerprint density at radius 2 is 1.96 bits per heavy atom. The predicted octanol–water partition coefficient (Wildman–Crippen LogP) is 6.83. The van der Waals surface area contributed by atoms with Gasteiger partial charge in [0.05, 0.1) is 0 Å². The van der Waals surface area contributed by atoms with Crippen LogP contribution in [0.1, 0.15) is 45.6 Å². The van der Waals surface area contributed by atoms with Crippen LogP contribution in [0.3, 0.4) is 0 Å². The van der Waals surface area contributed by atoms with Crippen molar-refractivity contribution in [3.05, 3.63) is 51.4 Å². The molecule has 0 spiro atoms. The molecule has 0 aliphatic heterocycles. The van der Waals surface area contributed by atoms with Crippen LogP contribution in [0.15, 0.2) is 35.5 Å². The molecule has 0 atom stereocenters. The van der Waals surface area contributed by atoms with E-state index >= 15 is 0 Å². The summed E-state index contributed by atoms with van der Waals surface area (Å²) < 4.78 is 6.34. The van der Waals surface area contributed by atoms with Crippen LogP contribution in [0.25, 0.3) is 10.4 Å². The number of allylic oxidation sites excluding steroid dienone is 2. The van der Waals surface area contributed by atoms with Gasteiger partial charge >= 0.3 is 0 Å². The van der Waals surface area contributed by atoms with Gasteiger partial charge in [0.2, 0.25) is 14.2 Å². The van der Waals surface area contributed by atoms with Gasteiger partial charge in [0.15, 0.2) is 0 Å². The average Bonchev–Trinajstić information content (AvgIpc) is 2.52. The first-order valence-electron chi connectivity index (χ1n) is 8.77. The summed E-state index contributed by atoms with van der Waals surface area (Å²) in [5.41, 5.74) is 9.22. The fourth-order valence-electron chi connectivity index (χ4n) is 2.04. The Morgan fingerprint density at radius 3 is 2.58 bits per heavy atom. The number of amides is 1. The lowest BCUT2D eigenvalue weighted by Gasteiger charge is -2.36. The minimum Gasteiger partial charge on any atom is -0.543 e. The lowest BCUT2D eigenvalue weighted by molar-refractivity contribution is -0.117. The molecule has 0 aliphatic carbocycles. The second-order valence-corrected chi connectivity index (χ2v) is 12.9. The molecular formula is C19H28ClN3O2Si. The van der Waals surface area contributed by atoms with Gasteiger partial charge in [-0.2, -0.15) is 0 Å². The first-order valence-corrected chi connectivity index (χ1v) is 12.1. The molecular weight excluding hydrogens is 366 g/mol. The average molecular weight is 394 g/mol. The highest BCUT2D eigenvalue weighted by atomic mass is 35.5. The van der Waals surface area contributed by atoms with Crippen molar-refractivity contribution in [2.45, 2.75) is 64.6 Å². The van der Waals surface area contributed by atoms with Crippen LogP contribution >= 0.6 is 11.6 Å². The summed E-state index contributed by atoms with van der Waals surface area (Å²) in [5.74, 6) is 0.440. The predicted molar refractivity (Wildman–Crippen MR) is 110 cm³/mol. The minimum atomic E-state index is -1.88. The highest BCUT2D eigenvalue weighted by molar-refractivity contribution is 6.74. The van der Waals surface area contributed by atoms with Gasteiger partial charge in [0, 0.05) is 16.4 Å². The molecule has 0 radical (unpaired) electrons. The van der Waals surface area contributed by atoms with Gasteiger partial charge in [0.25, 0.3) is 0 Å². The summed E-state index contributed by atoms with van der Waals surface area (Å²) in [5, 5.41) is 3.91. The Kier molecular flexibility index (Phi) is 8.41. The highest BCUT2D eigenvalue weighted by Crippen LogP contribution is 2.38. The third-order valence-electron chi connectivity index (χ3n) is 4.62. The number of carbonyl (C=O) groups is 1. The molecule has 0 N–H and O–H groups in total. The smallest absolute Gasteiger partial charge is 0.250 e. The van der Waals surface area contributed by atoms with Gasteiger partial charge in [-0.25, -0.2) is 0 Å². The summed E-state index contributed by atoms with van der Waals surface area (Å²) >= 11 is 6.31. The van der Waals surface area contributed by atoms with Crippen LogP contribution in [0.2, 0.25) is 23.2 Å². The topological polar surface area (TPSA) is 75.1 Å².